The molecule has 0 bridgehead atoms. The van der Waals surface area contributed by atoms with E-state index in [9.17, 15) is 9.59 Å². The van der Waals surface area contributed by atoms with E-state index in [4.69, 9.17) is 16.6 Å². The van der Waals surface area contributed by atoms with Crippen molar-refractivity contribution in [2.45, 2.75) is 64.1 Å². The van der Waals surface area contributed by atoms with Crippen LogP contribution in [0.15, 0.2) is 58.5 Å². The molecule has 36 heavy (non-hydrogen) atoms. The van der Waals surface area contributed by atoms with E-state index < -0.39 is 0 Å². The van der Waals surface area contributed by atoms with Crippen molar-refractivity contribution in [3.63, 3.8) is 0 Å². The molecule has 1 atom stereocenters. The Morgan fingerprint density at radius 1 is 1.11 bits per heavy atom. The molecular weight excluding hydrogens is 492 g/mol. The van der Waals surface area contributed by atoms with Crippen molar-refractivity contribution in [3.8, 4) is 5.69 Å². The van der Waals surface area contributed by atoms with Crippen LogP contribution in [0.2, 0.25) is 5.02 Å². The molecule has 3 aromatic rings. The van der Waals surface area contributed by atoms with Crippen LogP contribution < -0.4 is 10.9 Å². The fourth-order valence-corrected chi connectivity index (χ4v) is 5.38. The van der Waals surface area contributed by atoms with Crippen LogP contribution in [0.3, 0.4) is 0 Å². The summed E-state index contributed by atoms with van der Waals surface area (Å²) >= 11 is 7.73. The number of thioether (sulfide) groups is 1. The van der Waals surface area contributed by atoms with Crippen LogP contribution in [0, 0.1) is 0 Å². The molecule has 0 aliphatic heterocycles. The molecule has 1 N–H and O–H groups in total. The van der Waals surface area contributed by atoms with E-state index in [-0.39, 0.29) is 17.5 Å². The van der Waals surface area contributed by atoms with Crippen LogP contribution in [0.25, 0.3) is 16.6 Å². The fourth-order valence-electron chi connectivity index (χ4n) is 4.18. The minimum absolute atomic E-state index is 0.106. The minimum Gasteiger partial charge on any atom is -0.354 e. The summed E-state index contributed by atoms with van der Waals surface area (Å²) in [5.41, 5.74) is 1.26. The summed E-state index contributed by atoms with van der Waals surface area (Å²) in [5, 5.41) is 4.90. The molecule has 1 unspecified atom stereocenters. The highest BCUT2D eigenvalue weighted by Gasteiger charge is 2.14. The number of carbonyl (C=O) groups is 1. The van der Waals surface area contributed by atoms with Gasteiger partial charge in [0.05, 0.1) is 16.6 Å². The van der Waals surface area contributed by atoms with Crippen LogP contribution in [0.1, 0.15) is 52.9 Å². The van der Waals surface area contributed by atoms with Crippen molar-refractivity contribution in [2.75, 3.05) is 25.4 Å². The van der Waals surface area contributed by atoms with Crippen LogP contribution >= 0.6 is 23.4 Å². The number of carbonyl (C=O) groups excluding carboxylic acids is 1. The number of amides is 1. The Balaban J connectivity index is 1.53. The topological polar surface area (TPSA) is 67.2 Å². The number of hydrogen-bond donors (Lipinski definition) is 1. The number of aromatic nitrogens is 2. The molecule has 0 saturated heterocycles. The second-order valence-corrected chi connectivity index (χ2v) is 10.5. The van der Waals surface area contributed by atoms with Crippen LogP contribution in [-0.4, -0.2) is 51.8 Å². The Hall–Kier alpha value is -2.35. The van der Waals surface area contributed by atoms with Crippen molar-refractivity contribution in [3.05, 3.63) is 63.9 Å². The first-order chi connectivity index (χ1) is 17.4. The number of unbranched alkanes of at least 4 members (excludes halogenated alkanes) is 1. The van der Waals surface area contributed by atoms with Gasteiger partial charge < -0.3 is 10.2 Å². The molecule has 3 rings (SSSR count). The van der Waals surface area contributed by atoms with Crippen molar-refractivity contribution < 1.29 is 4.79 Å². The van der Waals surface area contributed by atoms with Crippen LogP contribution in [0.4, 0.5) is 0 Å². The Kier molecular flexibility index (Phi) is 11.3. The number of nitrogens with zero attached hydrogens (tertiary/aromatic N) is 3. The third kappa shape index (κ3) is 8.08. The van der Waals surface area contributed by atoms with Crippen molar-refractivity contribution >= 4 is 40.2 Å². The van der Waals surface area contributed by atoms with Gasteiger partial charge >= 0.3 is 0 Å². The highest BCUT2D eigenvalue weighted by Crippen LogP contribution is 2.24. The summed E-state index contributed by atoms with van der Waals surface area (Å²) in [7, 11) is 0. The van der Waals surface area contributed by atoms with Gasteiger partial charge in [0, 0.05) is 23.2 Å². The fraction of sp³-hybridized carbons (Fsp3) is 0.464. The zero-order valence-corrected chi connectivity index (χ0v) is 23.1. The summed E-state index contributed by atoms with van der Waals surface area (Å²) in [6.07, 6.45) is 4.24. The zero-order valence-electron chi connectivity index (χ0n) is 21.5. The normalized spacial score (nSPS) is 12.2. The number of para-hydroxylation sites is 1. The maximum atomic E-state index is 13.3. The Labute approximate surface area is 223 Å². The largest absolute Gasteiger partial charge is 0.354 e. The minimum atomic E-state index is -0.111. The molecule has 0 aliphatic rings. The zero-order chi connectivity index (χ0) is 25.9. The number of benzene rings is 2. The van der Waals surface area contributed by atoms with E-state index in [0.29, 0.717) is 33.2 Å². The third-order valence-corrected chi connectivity index (χ3v) is 7.51. The van der Waals surface area contributed by atoms with Gasteiger partial charge in [-0.05, 0) is 82.6 Å². The number of rotatable bonds is 14. The molecule has 8 heteroatoms. The molecule has 2 aromatic carbocycles. The standard InChI is InChI=1S/C28H37ClN4O2S/c1-4-32(5-2)18-11-12-21(3)30-26(34)17-8-9-19-36-28-31-25-16-7-6-15-24(25)27(35)33(28)23-14-10-13-22(29)20-23/h6-7,10,13-16,20-21H,4-5,8-9,11-12,17-19H2,1-3H3,(H,30,34). The van der Waals surface area contributed by atoms with Gasteiger partial charge in [-0.1, -0.05) is 55.4 Å². The summed E-state index contributed by atoms with van der Waals surface area (Å²) in [6, 6.07) is 14.8. The summed E-state index contributed by atoms with van der Waals surface area (Å²) < 4.78 is 1.63. The van der Waals surface area contributed by atoms with Gasteiger partial charge in [0.25, 0.3) is 5.56 Å². The quantitative estimate of drug-likeness (QED) is 0.160. The molecule has 0 aliphatic carbocycles. The lowest BCUT2D eigenvalue weighted by Gasteiger charge is -2.19. The van der Waals surface area contributed by atoms with Gasteiger partial charge in [-0.3, -0.25) is 14.2 Å². The molecule has 1 heterocycles. The smallest absolute Gasteiger partial charge is 0.266 e. The molecule has 6 nitrogen and oxygen atoms in total. The number of nitrogens with one attached hydrogen (secondary N) is 1. The van der Waals surface area contributed by atoms with Gasteiger partial charge in [-0.2, -0.15) is 0 Å². The second kappa shape index (κ2) is 14.4. The molecule has 194 valence electrons. The van der Waals surface area contributed by atoms with E-state index in [2.05, 4.69) is 31.0 Å². The van der Waals surface area contributed by atoms with Crippen molar-refractivity contribution in [2.24, 2.45) is 0 Å². The third-order valence-electron chi connectivity index (χ3n) is 6.25. The maximum absolute atomic E-state index is 13.3. The highest BCUT2D eigenvalue weighted by molar-refractivity contribution is 7.99. The Morgan fingerprint density at radius 3 is 2.64 bits per heavy atom. The van der Waals surface area contributed by atoms with Gasteiger partial charge in [0.15, 0.2) is 5.16 Å². The van der Waals surface area contributed by atoms with E-state index in [1.54, 1.807) is 22.8 Å². The lowest BCUT2D eigenvalue weighted by molar-refractivity contribution is -0.121. The molecule has 0 radical (unpaired) electrons. The van der Waals surface area contributed by atoms with E-state index >= 15 is 0 Å². The first kappa shape index (κ1) is 28.2. The van der Waals surface area contributed by atoms with Gasteiger partial charge in [-0.15, -0.1) is 0 Å². The SMILES string of the molecule is CCN(CC)CCCC(C)NC(=O)CCCCSc1nc2ccccc2c(=O)n1-c1cccc(Cl)c1. The summed E-state index contributed by atoms with van der Waals surface area (Å²) in [6.45, 7) is 9.65. The summed E-state index contributed by atoms with van der Waals surface area (Å²) in [5.74, 6) is 0.868. The average molecular weight is 529 g/mol. The lowest BCUT2D eigenvalue weighted by atomic mass is 10.1. The molecule has 1 amide bonds. The molecule has 0 saturated carbocycles. The molecule has 0 fully saturated rings. The van der Waals surface area contributed by atoms with Gasteiger partial charge in [0.2, 0.25) is 5.91 Å². The van der Waals surface area contributed by atoms with Crippen molar-refractivity contribution in [1.29, 1.82) is 0 Å². The van der Waals surface area contributed by atoms with E-state index in [1.165, 1.54) is 11.8 Å². The first-order valence-corrected chi connectivity index (χ1v) is 14.2. The monoisotopic (exact) mass is 528 g/mol. The Morgan fingerprint density at radius 2 is 1.89 bits per heavy atom. The number of fused-ring (bicyclic) bond motifs is 1. The summed E-state index contributed by atoms with van der Waals surface area (Å²) in [4.78, 5) is 32.8. The van der Waals surface area contributed by atoms with Gasteiger partial charge in [-0.25, -0.2) is 4.98 Å². The van der Waals surface area contributed by atoms with Gasteiger partial charge in [0.1, 0.15) is 0 Å². The van der Waals surface area contributed by atoms with E-state index in [1.807, 2.05) is 30.3 Å². The number of hydrogen-bond acceptors (Lipinski definition) is 5. The predicted octanol–water partition coefficient (Wildman–Crippen LogP) is 5.93. The molecule has 1 aromatic heterocycles. The van der Waals surface area contributed by atoms with Crippen molar-refractivity contribution in [1.82, 2.24) is 19.8 Å². The van der Waals surface area contributed by atoms with E-state index in [0.717, 1.165) is 51.1 Å². The molecular formula is C28H37ClN4O2S. The van der Waals surface area contributed by atoms with Crippen LogP contribution in [0.5, 0.6) is 0 Å². The second-order valence-electron chi connectivity index (χ2n) is 8.98. The lowest BCUT2D eigenvalue weighted by Crippen LogP contribution is -2.33. The Bertz CT molecular complexity index is 1200. The first-order valence-electron chi connectivity index (χ1n) is 12.8. The van der Waals surface area contributed by atoms with Crippen LogP contribution in [-0.2, 0) is 4.79 Å². The highest BCUT2D eigenvalue weighted by atomic mass is 35.5. The predicted molar refractivity (Wildman–Crippen MR) is 152 cm³/mol. The maximum Gasteiger partial charge on any atom is 0.266 e. The average Bonchev–Trinajstić information content (AvgIpc) is 2.86. The number of halogens is 1. The molecule has 0 spiro atoms.